The van der Waals surface area contributed by atoms with Gasteiger partial charge in [0, 0.05) is 39.9 Å². The maximum Gasteiger partial charge on any atom is 0.332 e. The lowest BCUT2D eigenvalue weighted by molar-refractivity contribution is -0.116. The number of nitrogens with two attached hydrogens (primary N) is 1. The van der Waals surface area contributed by atoms with Gasteiger partial charge in [0.25, 0.3) is 5.56 Å². The minimum absolute atomic E-state index is 0.00598. The highest BCUT2D eigenvalue weighted by atomic mass is 32.2. The summed E-state index contributed by atoms with van der Waals surface area (Å²) in [5.74, 6) is -0.602. The van der Waals surface area contributed by atoms with E-state index in [0.29, 0.717) is 18.8 Å². The molecule has 0 saturated carbocycles. The Hall–Kier alpha value is -3.12. The van der Waals surface area contributed by atoms with E-state index >= 15 is 0 Å². The summed E-state index contributed by atoms with van der Waals surface area (Å²) in [6.45, 7) is 0.489. The minimum atomic E-state index is -3.55. The van der Waals surface area contributed by atoms with Crippen LogP contribution in [0, 0.1) is 0 Å². The van der Waals surface area contributed by atoms with Gasteiger partial charge in [0.15, 0.2) is 0 Å². The molecule has 1 aliphatic heterocycles. The summed E-state index contributed by atoms with van der Waals surface area (Å²) in [4.78, 5) is 39.2. The van der Waals surface area contributed by atoms with E-state index in [1.165, 1.54) is 40.5 Å². The summed E-state index contributed by atoms with van der Waals surface area (Å²) in [7, 11) is 1.09. The van der Waals surface area contributed by atoms with Gasteiger partial charge in [-0.05, 0) is 37.1 Å². The molecule has 0 radical (unpaired) electrons. The molecule has 1 aromatic carbocycles. The molecule has 0 aliphatic carbocycles. The van der Waals surface area contributed by atoms with E-state index in [4.69, 9.17) is 5.73 Å². The maximum absolute atomic E-state index is 12.6. The van der Waals surface area contributed by atoms with Crippen LogP contribution >= 0.6 is 0 Å². The normalized spacial score (nSPS) is 14.5. The molecule has 168 valence electrons. The number of sulfonamides is 1. The smallest absolute Gasteiger partial charge is 0.332 e. The Bertz CT molecular complexity index is 1210. The third-order valence-electron chi connectivity index (χ3n) is 5.16. The molecule has 2 aromatic rings. The SMILES string of the molecule is CN(C)c1c(N)n(C)c(=O)n(CC(=O)Nc2ccc(S(=O)(=O)N3CCCC3)cc2)c1=O. The Morgan fingerprint density at radius 3 is 2.26 bits per heavy atom. The number of nitrogen functional groups attached to an aromatic ring is 1. The van der Waals surface area contributed by atoms with Crippen LogP contribution in [-0.2, 0) is 28.4 Å². The van der Waals surface area contributed by atoms with Crippen LogP contribution in [0.15, 0.2) is 38.8 Å². The molecule has 1 aliphatic rings. The number of nitrogens with one attached hydrogen (secondary N) is 1. The Morgan fingerprint density at radius 1 is 1.13 bits per heavy atom. The number of amides is 1. The second kappa shape index (κ2) is 8.55. The quantitative estimate of drug-likeness (QED) is 0.611. The fraction of sp³-hybridized carbons (Fsp3) is 0.421. The fourth-order valence-electron chi connectivity index (χ4n) is 3.46. The summed E-state index contributed by atoms with van der Waals surface area (Å²) in [5, 5.41) is 2.58. The number of carbonyl (C=O) groups is 1. The lowest BCUT2D eigenvalue weighted by atomic mass is 10.3. The molecule has 11 nitrogen and oxygen atoms in total. The number of benzene rings is 1. The van der Waals surface area contributed by atoms with E-state index in [-0.39, 0.29) is 16.4 Å². The van der Waals surface area contributed by atoms with Gasteiger partial charge in [-0.3, -0.25) is 14.2 Å². The Kier molecular flexibility index (Phi) is 6.23. The number of rotatable bonds is 6. The number of anilines is 3. The zero-order chi connectivity index (χ0) is 22.9. The molecule has 3 N–H and O–H groups in total. The van der Waals surface area contributed by atoms with Gasteiger partial charge >= 0.3 is 5.69 Å². The Balaban J connectivity index is 1.79. The van der Waals surface area contributed by atoms with Crippen LogP contribution < -0.4 is 27.2 Å². The predicted molar refractivity (Wildman–Crippen MR) is 118 cm³/mol. The summed E-state index contributed by atoms with van der Waals surface area (Å²) in [5.41, 5.74) is 4.92. The molecule has 1 saturated heterocycles. The average Bonchev–Trinajstić information content (AvgIpc) is 3.26. The zero-order valence-electron chi connectivity index (χ0n) is 17.7. The largest absolute Gasteiger partial charge is 0.383 e. The van der Waals surface area contributed by atoms with Gasteiger partial charge < -0.3 is 16.0 Å². The Morgan fingerprint density at radius 2 is 1.71 bits per heavy atom. The van der Waals surface area contributed by atoms with Gasteiger partial charge in [0.05, 0.1) is 4.90 Å². The molecule has 1 aromatic heterocycles. The van der Waals surface area contributed by atoms with Crippen molar-refractivity contribution in [3.63, 3.8) is 0 Å². The molecule has 31 heavy (non-hydrogen) atoms. The predicted octanol–water partition coefficient (Wildman–Crippen LogP) is -0.382. The van der Waals surface area contributed by atoms with Gasteiger partial charge in [-0.2, -0.15) is 4.31 Å². The van der Waals surface area contributed by atoms with Gasteiger partial charge in [0.1, 0.15) is 18.1 Å². The van der Waals surface area contributed by atoms with Crippen molar-refractivity contribution >= 4 is 33.1 Å². The molecular weight excluding hydrogens is 424 g/mol. The maximum atomic E-state index is 12.6. The summed E-state index contributed by atoms with van der Waals surface area (Å²) < 4.78 is 28.5. The van der Waals surface area contributed by atoms with E-state index in [1.807, 2.05) is 0 Å². The molecule has 12 heteroatoms. The second-order valence-electron chi connectivity index (χ2n) is 7.54. The molecule has 0 atom stereocenters. The third kappa shape index (κ3) is 4.35. The molecule has 1 fully saturated rings. The summed E-state index contributed by atoms with van der Waals surface area (Å²) in [6, 6.07) is 5.77. The third-order valence-corrected chi connectivity index (χ3v) is 7.07. The number of aromatic nitrogens is 2. The number of carbonyl (C=O) groups excluding carboxylic acids is 1. The van der Waals surface area contributed by atoms with Crippen LogP contribution in [0.2, 0.25) is 0 Å². The van der Waals surface area contributed by atoms with E-state index in [2.05, 4.69) is 5.32 Å². The first-order chi connectivity index (χ1) is 14.5. The molecular formula is C19H26N6O5S. The molecule has 0 unspecified atom stereocenters. The van der Waals surface area contributed by atoms with Crippen molar-refractivity contribution in [3.8, 4) is 0 Å². The summed E-state index contributed by atoms with van der Waals surface area (Å²) in [6.07, 6.45) is 1.68. The molecule has 2 heterocycles. The van der Waals surface area contributed by atoms with Crippen LogP contribution in [0.4, 0.5) is 17.2 Å². The van der Waals surface area contributed by atoms with Crippen LogP contribution in [0.3, 0.4) is 0 Å². The second-order valence-corrected chi connectivity index (χ2v) is 9.48. The van der Waals surface area contributed by atoms with Crippen LogP contribution in [-0.4, -0.2) is 54.9 Å². The first-order valence-electron chi connectivity index (χ1n) is 9.70. The van der Waals surface area contributed by atoms with E-state index in [9.17, 15) is 22.8 Å². The van der Waals surface area contributed by atoms with E-state index < -0.39 is 33.7 Å². The minimum Gasteiger partial charge on any atom is -0.383 e. The van der Waals surface area contributed by atoms with E-state index in [1.54, 1.807) is 14.1 Å². The lowest BCUT2D eigenvalue weighted by Gasteiger charge is -2.18. The van der Waals surface area contributed by atoms with Gasteiger partial charge in [0.2, 0.25) is 15.9 Å². The highest BCUT2D eigenvalue weighted by Gasteiger charge is 2.27. The highest BCUT2D eigenvalue weighted by molar-refractivity contribution is 7.89. The first-order valence-corrected chi connectivity index (χ1v) is 11.1. The van der Waals surface area contributed by atoms with Gasteiger partial charge in [-0.1, -0.05) is 0 Å². The van der Waals surface area contributed by atoms with Crippen LogP contribution in [0.25, 0.3) is 0 Å². The molecule has 0 bridgehead atoms. The van der Waals surface area contributed by atoms with E-state index in [0.717, 1.165) is 22.0 Å². The topological polar surface area (TPSA) is 140 Å². The fourth-order valence-corrected chi connectivity index (χ4v) is 4.98. The molecule has 3 rings (SSSR count). The van der Waals surface area contributed by atoms with Crippen molar-refractivity contribution in [2.45, 2.75) is 24.3 Å². The standard InChI is InChI=1S/C19H26N6O5S/c1-22(2)16-17(20)23(3)19(28)25(18(16)27)12-15(26)21-13-6-8-14(9-7-13)31(29,30)24-10-4-5-11-24/h6-9H,4-5,10-12,20H2,1-3H3,(H,21,26). The number of hydrogen-bond acceptors (Lipinski definition) is 7. The van der Waals surface area contributed by atoms with Gasteiger partial charge in [-0.25, -0.2) is 17.8 Å². The monoisotopic (exact) mass is 450 g/mol. The van der Waals surface area contributed by atoms with Crippen LogP contribution in [0.1, 0.15) is 12.8 Å². The first kappa shape index (κ1) is 22.6. The lowest BCUT2D eigenvalue weighted by Crippen LogP contribution is -2.44. The van der Waals surface area contributed by atoms with Crippen molar-refractivity contribution in [1.29, 1.82) is 0 Å². The molecule has 0 spiro atoms. The van der Waals surface area contributed by atoms with Gasteiger partial charge in [-0.15, -0.1) is 0 Å². The van der Waals surface area contributed by atoms with Crippen molar-refractivity contribution in [2.75, 3.05) is 43.1 Å². The zero-order valence-corrected chi connectivity index (χ0v) is 18.5. The summed E-state index contributed by atoms with van der Waals surface area (Å²) >= 11 is 0. The van der Waals surface area contributed by atoms with Crippen molar-refractivity contribution in [1.82, 2.24) is 13.4 Å². The molecule has 1 amide bonds. The van der Waals surface area contributed by atoms with Crippen molar-refractivity contribution in [2.24, 2.45) is 7.05 Å². The Labute approximate surface area is 179 Å². The number of hydrogen-bond donors (Lipinski definition) is 2. The van der Waals surface area contributed by atoms with Crippen LogP contribution in [0.5, 0.6) is 0 Å². The average molecular weight is 451 g/mol. The van der Waals surface area contributed by atoms with Crippen molar-refractivity contribution in [3.05, 3.63) is 45.1 Å². The van der Waals surface area contributed by atoms with Crippen molar-refractivity contribution < 1.29 is 13.2 Å². The highest BCUT2D eigenvalue weighted by Crippen LogP contribution is 2.22. The number of nitrogens with zero attached hydrogens (tertiary/aromatic N) is 4.